The number of fused-ring (bicyclic) bond motifs is 2. The minimum absolute atomic E-state index is 0.0364. The number of unbranched alkanes of at least 4 members (excludes halogenated alkanes) is 2. The molecule has 0 aliphatic rings. The first-order valence-electron chi connectivity index (χ1n) is 11.2. The number of carbonyl (C=O) groups is 2. The molecule has 0 unspecified atom stereocenters. The summed E-state index contributed by atoms with van der Waals surface area (Å²) in [4.78, 5) is 50.8. The summed E-state index contributed by atoms with van der Waals surface area (Å²) in [6.45, 7) is 2.18. The highest BCUT2D eigenvalue weighted by Crippen LogP contribution is 2.14. The first-order chi connectivity index (χ1) is 16.4. The van der Waals surface area contributed by atoms with Gasteiger partial charge in [-0.25, -0.2) is 9.48 Å². The van der Waals surface area contributed by atoms with Crippen LogP contribution in [0.3, 0.4) is 0 Å². The van der Waals surface area contributed by atoms with Gasteiger partial charge in [0.05, 0.1) is 16.4 Å². The Morgan fingerprint density at radius 1 is 0.912 bits per heavy atom. The Labute approximate surface area is 194 Å². The fourth-order valence-corrected chi connectivity index (χ4v) is 3.95. The van der Waals surface area contributed by atoms with Crippen LogP contribution < -0.4 is 22.1 Å². The molecule has 0 radical (unpaired) electrons. The number of nitrogens with zero attached hydrogens (tertiary/aromatic N) is 4. The molecule has 2 aromatic carbocycles. The minimum Gasteiger partial charge on any atom is -0.295 e. The number of imidazole rings is 1. The lowest BCUT2D eigenvalue weighted by molar-refractivity contribution is -0.122. The van der Waals surface area contributed by atoms with E-state index in [0.717, 1.165) is 19.3 Å². The molecular weight excluding hydrogens is 436 g/mol. The normalized spacial score (nSPS) is 11.1. The zero-order valence-electron chi connectivity index (χ0n) is 19.1. The van der Waals surface area contributed by atoms with Gasteiger partial charge in [-0.05, 0) is 24.6 Å². The Kier molecular flexibility index (Phi) is 6.58. The van der Waals surface area contributed by atoms with Crippen molar-refractivity contribution in [3.63, 3.8) is 0 Å². The number of carbonyl (C=O) groups excluding carboxylic acids is 2. The Bertz CT molecular complexity index is 1500. The maximum absolute atomic E-state index is 12.9. The molecule has 2 heterocycles. The second-order valence-corrected chi connectivity index (χ2v) is 8.05. The van der Waals surface area contributed by atoms with Crippen molar-refractivity contribution in [1.82, 2.24) is 29.8 Å². The maximum atomic E-state index is 12.9. The fourth-order valence-electron chi connectivity index (χ4n) is 3.95. The maximum Gasteiger partial charge on any atom is 0.329 e. The van der Waals surface area contributed by atoms with E-state index in [2.05, 4.69) is 22.9 Å². The van der Waals surface area contributed by atoms with Gasteiger partial charge in [-0.1, -0.05) is 50.1 Å². The van der Waals surface area contributed by atoms with E-state index in [1.54, 1.807) is 49.5 Å². The number of aromatic nitrogens is 4. The molecule has 2 amide bonds. The number of rotatable bonds is 7. The van der Waals surface area contributed by atoms with Gasteiger partial charge in [0.15, 0.2) is 5.69 Å². The van der Waals surface area contributed by atoms with Gasteiger partial charge >= 0.3 is 5.69 Å². The summed E-state index contributed by atoms with van der Waals surface area (Å²) in [7, 11) is 1.63. The SMILES string of the molecule is CCCCCn1nc(C(=O)NNC(=O)Cn2c(=O)n(C)c3ccccc32)c2ccccc2c1=O. The van der Waals surface area contributed by atoms with E-state index in [-0.39, 0.29) is 23.5 Å². The molecule has 0 atom stereocenters. The Morgan fingerprint density at radius 2 is 1.59 bits per heavy atom. The van der Waals surface area contributed by atoms with Gasteiger partial charge in [-0.3, -0.25) is 34.4 Å². The number of hydrazine groups is 1. The predicted molar refractivity (Wildman–Crippen MR) is 128 cm³/mol. The van der Waals surface area contributed by atoms with Crippen molar-refractivity contribution in [2.24, 2.45) is 7.05 Å². The molecule has 2 N–H and O–H groups in total. The number of benzene rings is 2. The van der Waals surface area contributed by atoms with Crippen LogP contribution >= 0.6 is 0 Å². The first-order valence-corrected chi connectivity index (χ1v) is 11.2. The first kappa shape index (κ1) is 23.0. The molecule has 0 aliphatic carbocycles. The van der Waals surface area contributed by atoms with Gasteiger partial charge in [0, 0.05) is 19.0 Å². The van der Waals surface area contributed by atoms with Crippen LogP contribution in [-0.4, -0.2) is 30.7 Å². The molecule has 10 heteroatoms. The highest BCUT2D eigenvalue weighted by molar-refractivity contribution is 6.05. The smallest absolute Gasteiger partial charge is 0.295 e. The monoisotopic (exact) mass is 462 g/mol. The molecule has 0 bridgehead atoms. The van der Waals surface area contributed by atoms with Gasteiger partial charge in [-0.2, -0.15) is 5.10 Å². The van der Waals surface area contributed by atoms with E-state index in [1.165, 1.54) is 13.8 Å². The molecule has 34 heavy (non-hydrogen) atoms. The van der Waals surface area contributed by atoms with Gasteiger partial charge < -0.3 is 0 Å². The molecular formula is C24H26N6O4. The number of hydrogen-bond acceptors (Lipinski definition) is 5. The minimum atomic E-state index is -0.654. The van der Waals surface area contributed by atoms with Gasteiger partial charge in [0.2, 0.25) is 0 Å². The molecule has 10 nitrogen and oxygen atoms in total. The molecule has 0 saturated heterocycles. The van der Waals surface area contributed by atoms with Crippen LogP contribution in [0, 0.1) is 0 Å². The van der Waals surface area contributed by atoms with Crippen molar-refractivity contribution in [3.8, 4) is 0 Å². The van der Waals surface area contributed by atoms with Gasteiger partial charge in [-0.15, -0.1) is 0 Å². The van der Waals surface area contributed by atoms with Crippen LogP contribution in [0.5, 0.6) is 0 Å². The van der Waals surface area contributed by atoms with Crippen molar-refractivity contribution >= 4 is 33.6 Å². The Morgan fingerprint density at radius 3 is 2.32 bits per heavy atom. The van der Waals surface area contributed by atoms with Crippen LogP contribution in [-0.2, 0) is 24.9 Å². The molecule has 0 spiro atoms. The second-order valence-electron chi connectivity index (χ2n) is 8.05. The van der Waals surface area contributed by atoms with Crippen molar-refractivity contribution in [2.75, 3.05) is 0 Å². The van der Waals surface area contributed by atoms with E-state index < -0.39 is 11.8 Å². The van der Waals surface area contributed by atoms with Crippen LogP contribution in [0.4, 0.5) is 0 Å². The summed E-state index contributed by atoms with van der Waals surface area (Å²) in [5, 5.41) is 5.06. The van der Waals surface area contributed by atoms with Crippen LogP contribution in [0.15, 0.2) is 58.1 Å². The number of hydrogen-bond donors (Lipinski definition) is 2. The average Bonchev–Trinajstić information content (AvgIpc) is 3.09. The lowest BCUT2D eigenvalue weighted by Gasteiger charge is -2.12. The molecule has 2 aromatic heterocycles. The lowest BCUT2D eigenvalue weighted by Crippen LogP contribution is -2.45. The second kappa shape index (κ2) is 9.74. The summed E-state index contributed by atoms with van der Waals surface area (Å²) >= 11 is 0. The summed E-state index contributed by atoms with van der Waals surface area (Å²) in [5.41, 5.74) is 5.46. The fraction of sp³-hybridized carbons (Fsp3) is 0.292. The van der Waals surface area contributed by atoms with E-state index in [0.29, 0.717) is 28.4 Å². The highest BCUT2D eigenvalue weighted by Gasteiger charge is 2.18. The van der Waals surface area contributed by atoms with Crippen LogP contribution in [0.1, 0.15) is 36.7 Å². The lowest BCUT2D eigenvalue weighted by atomic mass is 10.1. The molecule has 4 aromatic rings. The predicted octanol–water partition coefficient (Wildman–Crippen LogP) is 1.70. The Hall–Kier alpha value is -4.21. The van der Waals surface area contributed by atoms with Crippen molar-refractivity contribution in [3.05, 3.63) is 75.1 Å². The quantitative estimate of drug-likeness (QED) is 0.320. The van der Waals surface area contributed by atoms with Crippen molar-refractivity contribution < 1.29 is 9.59 Å². The van der Waals surface area contributed by atoms with Gasteiger partial charge in [0.25, 0.3) is 17.4 Å². The number of aryl methyl sites for hydroxylation is 2. The Balaban J connectivity index is 1.54. The zero-order chi connectivity index (χ0) is 24.2. The molecule has 0 fully saturated rings. The summed E-state index contributed by atoms with van der Waals surface area (Å²) < 4.78 is 4.09. The van der Waals surface area contributed by atoms with E-state index in [1.807, 2.05) is 6.07 Å². The molecule has 176 valence electrons. The highest BCUT2D eigenvalue weighted by atomic mass is 16.2. The van der Waals surface area contributed by atoms with E-state index in [4.69, 9.17) is 0 Å². The molecule has 4 rings (SSSR count). The third-order valence-electron chi connectivity index (χ3n) is 5.73. The standard InChI is InChI=1S/C24H26N6O4/c1-3-4-9-14-30-23(33)17-11-6-5-10-16(17)21(27-30)22(32)26-25-20(31)15-29-19-13-8-7-12-18(19)28(2)24(29)34/h5-8,10-13H,3-4,9,14-15H2,1-2H3,(H,25,31)(H,26,32). The number of para-hydroxylation sites is 2. The van der Waals surface area contributed by atoms with Crippen LogP contribution in [0.2, 0.25) is 0 Å². The topological polar surface area (TPSA) is 120 Å². The summed E-state index contributed by atoms with van der Waals surface area (Å²) in [5.74, 6) is -1.23. The number of amides is 2. The average molecular weight is 463 g/mol. The van der Waals surface area contributed by atoms with Crippen molar-refractivity contribution in [2.45, 2.75) is 39.3 Å². The molecule has 0 saturated carbocycles. The van der Waals surface area contributed by atoms with E-state index >= 15 is 0 Å². The summed E-state index contributed by atoms with van der Waals surface area (Å²) in [6.07, 6.45) is 2.69. The third kappa shape index (κ3) is 4.34. The molecule has 0 aliphatic heterocycles. The third-order valence-corrected chi connectivity index (χ3v) is 5.73. The van der Waals surface area contributed by atoms with E-state index in [9.17, 15) is 19.2 Å². The van der Waals surface area contributed by atoms with Crippen molar-refractivity contribution in [1.29, 1.82) is 0 Å². The van der Waals surface area contributed by atoms with Gasteiger partial charge in [0.1, 0.15) is 6.54 Å². The largest absolute Gasteiger partial charge is 0.329 e. The number of nitrogens with one attached hydrogen (secondary N) is 2. The van der Waals surface area contributed by atoms with Crippen LogP contribution in [0.25, 0.3) is 21.8 Å². The zero-order valence-corrected chi connectivity index (χ0v) is 19.1. The summed E-state index contributed by atoms with van der Waals surface area (Å²) in [6, 6.07) is 13.9.